The minimum absolute atomic E-state index is 0.894. The molecular formula is C22H48O2Si. The number of hydrogen-bond donors (Lipinski definition) is 0. The Balaban J connectivity index is 3.32. The standard InChI is InChI=1S/C22H48O2Si/c1-5-7-9-11-13-14-16-18-20-22-24-25(3,4)23-21-19-17-15-12-10-8-6-2/h5-22H2,1-4H3. The van der Waals surface area contributed by atoms with Crippen LogP contribution in [0.4, 0.5) is 0 Å². The van der Waals surface area contributed by atoms with Crippen LogP contribution in [0.15, 0.2) is 0 Å². The third-order valence-corrected chi connectivity index (χ3v) is 6.69. The van der Waals surface area contributed by atoms with Gasteiger partial charge in [0.2, 0.25) is 0 Å². The van der Waals surface area contributed by atoms with Crippen LogP contribution < -0.4 is 0 Å². The summed E-state index contributed by atoms with van der Waals surface area (Å²) in [4.78, 5) is 0. The molecule has 0 aliphatic carbocycles. The lowest BCUT2D eigenvalue weighted by Crippen LogP contribution is -2.35. The largest absolute Gasteiger partial charge is 0.395 e. The fourth-order valence-electron chi connectivity index (χ4n) is 3.15. The molecule has 25 heavy (non-hydrogen) atoms. The summed E-state index contributed by atoms with van der Waals surface area (Å²) >= 11 is 0. The molecule has 0 aromatic carbocycles. The second-order valence-corrected chi connectivity index (χ2v) is 11.4. The van der Waals surface area contributed by atoms with Crippen molar-refractivity contribution in [3.63, 3.8) is 0 Å². The summed E-state index contributed by atoms with van der Waals surface area (Å²) in [5, 5.41) is 0. The van der Waals surface area contributed by atoms with E-state index in [0.29, 0.717) is 0 Å². The summed E-state index contributed by atoms with van der Waals surface area (Å²) in [7, 11) is -1.87. The zero-order valence-corrected chi connectivity index (χ0v) is 19.0. The number of unbranched alkanes of at least 4 members (excludes halogenated alkanes) is 14. The van der Waals surface area contributed by atoms with Crippen molar-refractivity contribution in [3.05, 3.63) is 0 Å². The SMILES string of the molecule is CCCCCCCCCCCO[Si](C)(C)OCCCCCCCCC. The molecule has 0 aromatic heterocycles. The second-order valence-electron chi connectivity index (χ2n) is 8.05. The fraction of sp³-hybridized carbons (Fsp3) is 1.00. The molecule has 0 saturated carbocycles. The number of rotatable bonds is 20. The van der Waals surface area contributed by atoms with Gasteiger partial charge in [-0.25, -0.2) is 0 Å². The Morgan fingerprint density at radius 1 is 0.440 bits per heavy atom. The molecule has 2 nitrogen and oxygen atoms in total. The van der Waals surface area contributed by atoms with Crippen molar-refractivity contribution in [2.75, 3.05) is 13.2 Å². The zero-order valence-electron chi connectivity index (χ0n) is 18.0. The van der Waals surface area contributed by atoms with Crippen molar-refractivity contribution in [2.24, 2.45) is 0 Å². The van der Waals surface area contributed by atoms with Gasteiger partial charge >= 0.3 is 8.56 Å². The van der Waals surface area contributed by atoms with Crippen LogP contribution in [0.2, 0.25) is 13.1 Å². The Hall–Kier alpha value is 0.137. The summed E-state index contributed by atoms with van der Waals surface area (Å²) < 4.78 is 12.1. The molecule has 0 N–H and O–H groups in total. The van der Waals surface area contributed by atoms with E-state index in [1.165, 1.54) is 103 Å². The minimum Gasteiger partial charge on any atom is -0.395 e. The molecule has 3 heteroatoms. The summed E-state index contributed by atoms with van der Waals surface area (Å²) in [6, 6.07) is 0. The lowest BCUT2D eigenvalue weighted by Gasteiger charge is -2.23. The normalized spacial score (nSPS) is 12.0. The highest BCUT2D eigenvalue weighted by Crippen LogP contribution is 2.13. The topological polar surface area (TPSA) is 18.5 Å². The van der Waals surface area contributed by atoms with Gasteiger partial charge in [-0.1, -0.05) is 104 Å². The highest BCUT2D eigenvalue weighted by molar-refractivity contribution is 6.64. The van der Waals surface area contributed by atoms with Crippen LogP contribution in [0.1, 0.15) is 117 Å². The molecule has 0 fully saturated rings. The van der Waals surface area contributed by atoms with Crippen LogP contribution in [-0.4, -0.2) is 21.8 Å². The zero-order chi connectivity index (χ0) is 18.6. The second kappa shape index (κ2) is 18.9. The predicted octanol–water partition coefficient (Wildman–Crippen LogP) is 8.00. The summed E-state index contributed by atoms with van der Waals surface area (Å²) in [6.45, 7) is 10.7. The van der Waals surface area contributed by atoms with E-state index in [2.05, 4.69) is 26.9 Å². The third kappa shape index (κ3) is 20.3. The van der Waals surface area contributed by atoms with Crippen LogP contribution in [0.3, 0.4) is 0 Å². The van der Waals surface area contributed by atoms with Gasteiger partial charge in [0, 0.05) is 13.2 Å². The molecule has 0 atom stereocenters. The molecule has 0 aliphatic heterocycles. The molecular weight excluding hydrogens is 324 g/mol. The van der Waals surface area contributed by atoms with Gasteiger partial charge in [0.25, 0.3) is 0 Å². The molecule has 0 aromatic rings. The van der Waals surface area contributed by atoms with Crippen molar-refractivity contribution in [3.8, 4) is 0 Å². The highest BCUT2D eigenvalue weighted by Gasteiger charge is 2.23. The maximum atomic E-state index is 6.07. The Morgan fingerprint density at radius 3 is 1.04 bits per heavy atom. The van der Waals surface area contributed by atoms with E-state index >= 15 is 0 Å². The molecule has 152 valence electrons. The molecule has 0 unspecified atom stereocenters. The maximum Gasteiger partial charge on any atom is 0.331 e. The van der Waals surface area contributed by atoms with Gasteiger partial charge in [0.1, 0.15) is 0 Å². The van der Waals surface area contributed by atoms with Crippen LogP contribution in [0.25, 0.3) is 0 Å². The maximum absolute atomic E-state index is 6.07. The monoisotopic (exact) mass is 372 g/mol. The lowest BCUT2D eigenvalue weighted by atomic mass is 10.1. The van der Waals surface area contributed by atoms with Crippen molar-refractivity contribution in [1.82, 2.24) is 0 Å². The highest BCUT2D eigenvalue weighted by atomic mass is 28.4. The lowest BCUT2D eigenvalue weighted by molar-refractivity contribution is 0.172. The van der Waals surface area contributed by atoms with Crippen molar-refractivity contribution in [1.29, 1.82) is 0 Å². The smallest absolute Gasteiger partial charge is 0.331 e. The van der Waals surface area contributed by atoms with E-state index in [0.717, 1.165) is 13.2 Å². The van der Waals surface area contributed by atoms with Crippen LogP contribution in [0, 0.1) is 0 Å². The Bertz CT molecular complexity index is 256. The average Bonchev–Trinajstić information content (AvgIpc) is 2.59. The third-order valence-electron chi connectivity index (χ3n) is 4.90. The first kappa shape index (κ1) is 25.1. The van der Waals surface area contributed by atoms with E-state index in [1.807, 2.05) is 0 Å². The van der Waals surface area contributed by atoms with Gasteiger partial charge in [-0.05, 0) is 25.9 Å². The molecule has 0 heterocycles. The molecule has 0 bridgehead atoms. The predicted molar refractivity (Wildman–Crippen MR) is 115 cm³/mol. The first-order valence-corrected chi connectivity index (χ1v) is 14.2. The molecule has 0 radical (unpaired) electrons. The molecule has 0 aliphatic rings. The van der Waals surface area contributed by atoms with Gasteiger partial charge in [-0.2, -0.15) is 0 Å². The average molecular weight is 373 g/mol. The van der Waals surface area contributed by atoms with E-state index in [9.17, 15) is 0 Å². The van der Waals surface area contributed by atoms with Gasteiger partial charge in [0.15, 0.2) is 0 Å². The van der Waals surface area contributed by atoms with Crippen molar-refractivity contribution >= 4 is 8.56 Å². The Morgan fingerprint density at radius 2 is 0.720 bits per heavy atom. The Labute approximate surface area is 160 Å². The molecule has 0 amide bonds. The van der Waals surface area contributed by atoms with Crippen LogP contribution in [0.5, 0.6) is 0 Å². The Kier molecular flexibility index (Phi) is 19.0. The first-order valence-electron chi connectivity index (χ1n) is 11.4. The van der Waals surface area contributed by atoms with E-state index < -0.39 is 8.56 Å². The van der Waals surface area contributed by atoms with E-state index in [-0.39, 0.29) is 0 Å². The van der Waals surface area contributed by atoms with E-state index in [4.69, 9.17) is 8.85 Å². The summed E-state index contributed by atoms with van der Waals surface area (Å²) in [5.74, 6) is 0. The van der Waals surface area contributed by atoms with Gasteiger partial charge < -0.3 is 8.85 Å². The summed E-state index contributed by atoms with van der Waals surface area (Å²) in [5.41, 5.74) is 0. The minimum atomic E-state index is -1.87. The van der Waals surface area contributed by atoms with Gasteiger partial charge in [-0.3, -0.25) is 0 Å². The van der Waals surface area contributed by atoms with Gasteiger partial charge in [-0.15, -0.1) is 0 Å². The van der Waals surface area contributed by atoms with Crippen LogP contribution in [-0.2, 0) is 8.85 Å². The molecule has 0 spiro atoms. The molecule has 0 rings (SSSR count). The van der Waals surface area contributed by atoms with Crippen LogP contribution >= 0.6 is 0 Å². The van der Waals surface area contributed by atoms with E-state index in [1.54, 1.807) is 0 Å². The molecule has 0 saturated heterocycles. The first-order chi connectivity index (χ1) is 12.1. The van der Waals surface area contributed by atoms with Crippen molar-refractivity contribution in [2.45, 2.75) is 130 Å². The quantitative estimate of drug-likeness (QED) is 0.159. The summed E-state index contributed by atoms with van der Waals surface area (Å²) in [6.07, 6.45) is 21.7. The van der Waals surface area contributed by atoms with Gasteiger partial charge in [0.05, 0.1) is 0 Å². The fourth-order valence-corrected chi connectivity index (χ4v) is 4.50. The van der Waals surface area contributed by atoms with Crippen molar-refractivity contribution < 1.29 is 8.85 Å². The number of hydrogen-bond acceptors (Lipinski definition) is 2.